The highest BCUT2D eigenvalue weighted by Crippen LogP contribution is 2.15. The van der Waals surface area contributed by atoms with E-state index in [1.165, 1.54) is 0 Å². The summed E-state index contributed by atoms with van der Waals surface area (Å²) in [5, 5.41) is 2.11. The fourth-order valence-corrected chi connectivity index (χ4v) is 0.947. The minimum Gasteiger partial charge on any atom is -0.447 e. The molecule has 0 saturated carbocycles. The Morgan fingerprint density at radius 1 is 1.40 bits per heavy atom. The Balaban J connectivity index is 2.71. The molecule has 1 N–H and O–H groups in total. The largest absolute Gasteiger partial charge is 0.447 e. The molecule has 0 fully saturated rings. The molecule has 0 unspecified atom stereocenters. The minimum atomic E-state index is -0.811. The second kappa shape index (κ2) is 4.72. The van der Waals surface area contributed by atoms with Gasteiger partial charge in [0.25, 0.3) is 0 Å². The maximum Gasteiger partial charge on any atom is 0.411 e. The van der Waals surface area contributed by atoms with E-state index in [4.69, 9.17) is 4.74 Å². The van der Waals surface area contributed by atoms with Crippen LogP contribution in [0, 0.1) is 11.6 Å². The number of benzene rings is 1. The van der Waals surface area contributed by atoms with Gasteiger partial charge in [-0.3, -0.25) is 5.32 Å². The van der Waals surface area contributed by atoms with Crippen molar-refractivity contribution in [3.8, 4) is 0 Å². The van der Waals surface area contributed by atoms with Gasteiger partial charge in [-0.05, 0) is 26.0 Å². The van der Waals surface area contributed by atoms with Crippen LogP contribution in [0.3, 0.4) is 0 Å². The monoisotopic (exact) mass is 215 g/mol. The van der Waals surface area contributed by atoms with Crippen molar-refractivity contribution in [2.45, 2.75) is 20.0 Å². The van der Waals surface area contributed by atoms with Crippen LogP contribution in [0.5, 0.6) is 0 Å². The van der Waals surface area contributed by atoms with E-state index >= 15 is 0 Å². The summed E-state index contributed by atoms with van der Waals surface area (Å²) < 4.78 is 30.4. The lowest BCUT2D eigenvalue weighted by Crippen LogP contribution is -2.18. The van der Waals surface area contributed by atoms with Crippen LogP contribution in [0.1, 0.15) is 13.8 Å². The van der Waals surface area contributed by atoms with Gasteiger partial charge in [-0.15, -0.1) is 0 Å². The maximum atomic E-state index is 13.0. The second-order valence-corrected chi connectivity index (χ2v) is 3.20. The number of hydrogen-bond donors (Lipinski definition) is 1. The molecule has 0 aliphatic heterocycles. The van der Waals surface area contributed by atoms with Crippen molar-refractivity contribution in [1.82, 2.24) is 0 Å². The number of hydrogen-bond acceptors (Lipinski definition) is 2. The number of ether oxygens (including phenoxy) is 1. The van der Waals surface area contributed by atoms with Crippen LogP contribution < -0.4 is 5.32 Å². The third-order valence-corrected chi connectivity index (χ3v) is 1.51. The third kappa shape index (κ3) is 3.53. The van der Waals surface area contributed by atoms with Crippen molar-refractivity contribution in [2.75, 3.05) is 5.32 Å². The molecular formula is C10H11F2NO2. The minimum absolute atomic E-state index is 0.236. The van der Waals surface area contributed by atoms with Crippen molar-refractivity contribution in [3.05, 3.63) is 29.8 Å². The van der Waals surface area contributed by atoms with Crippen LogP contribution >= 0.6 is 0 Å². The van der Waals surface area contributed by atoms with Gasteiger partial charge in [-0.1, -0.05) is 0 Å². The lowest BCUT2D eigenvalue weighted by molar-refractivity contribution is 0.130. The van der Waals surface area contributed by atoms with E-state index in [-0.39, 0.29) is 11.8 Å². The Bertz CT molecular complexity index is 366. The molecule has 0 bridgehead atoms. The highest BCUT2D eigenvalue weighted by atomic mass is 19.1. The van der Waals surface area contributed by atoms with E-state index in [1.807, 2.05) is 0 Å². The number of nitrogens with one attached hydrogen (secondary N) is 1. The molecule has 82 valence electrons. The van der Waals surface area contributed by atoms with Crippen LogP contribution in [-0.4, -0.2) is 12.2 Å². The van der Waals surface area contributed by atoms with Crippen LogP contribution in [0.25, 0.3) is 0 Å². The van der Waals surface area contributed by atoms with Gasteiger partial charge in [0.05, 0.1) is 11.8 Å². The average molecular weight is 215 g/mol. The zero-order valence-electron chi connectivity index (χ0n) is 8.38. The normalized spacial score (nSPS) is 10.2. The van der Waals surface area contributed by atoms with Gasteiger partial charge in [-0.2, -0.15) is 0 Å². The van der Waals surface area contributed by atoms with E-state index in [1.54, 1.807) is 13.8 Å². The van der Waals surface area contributed by atoms with Crippen molar-refractivity contribution in [3.63, 3.8) is 0 Å². The smallest absolute Gasteiger partial charge is 0.411 e. The first-order valence-corrected chi connectivity index (χ1v) is 4.41. The zero-order valence-corrected chi connectivity index (χ0v) is 8.38. The molecule has 5 heteroatoms. The van der Waals surface area contributed by atoms with Crippen molar-refractivity contribution in [1.29, 1.82) is 0 Å². The zero-order chi connectivity index (χ0) is 11.4. The van der Waals surface area contributed by atoms with Gasteiger partial charge >= 0.3 is 6.09 Å². The predicted octanol–water partition coefficient (Wildman–Crippen LogP) is 2.92. The highest BCUT2D eigenvalue weighted by Gasteiger charge is 2.09. The molecule has 0 aromatic heterocycles. The van der Waals surface area contributed by atoms with Crippen molar-refractivity contribution < 1.29 is 18.3 Å². The van der Waals surface area contributed by atoms with Gasteiger partial charge < -0.3 is 4.74 Å². The summed E-state index contributed by atoms with van der Waals surface area (Å²) in [7, 11) is 0. The Kier molecular flexibility index (Phi) is 3.60. The topological polar surface area (TPSA) is 38.3 Å². The molecule has 0 saturated heterocycles. The fraction of sp³-hybridized carbons (Fsp3) is 0.300. The molecule has 15 heavy (non-hydrogen) atoms. The van der Waals surface area contributed by atoms with Crippen LogP contribution in [0.15, 0.2) is 18.2 Å². The third-order valence-electron chi connectivity index (χ3n) is 1.51. The highest BCUT2D eigenvalue weighted by molar-refractivity contribution is 5.84. The summed E-state index contributed by atoms with van der Waals surface area (Å²) in [5.74, 6) is -1.34. The van der Waals surface area contributed by atoms with Gasteiger partial charge in [0.15, 0.2) is 0 Å². The number of amides is 1. The van der Waals surface area contributed by atoms with Crippen molar-refractivity contribution in [2.24, 2.45) is 0 Å². The predicted molar refractivity (Wildman–Crippen MR) is 51.6 cm³/mol. The van der Waals surface area contributed by atoms with E-state index in [0.29, 0.717) is 0 Å². The van der Waals surface area contributed by atoms with E-state index < -0.39 is 17.7 Å². The first-order valence-electron chi connectivity index (χ1n) is 4.41. The standard InChI is InChI=1S/C10H11F2NO2/c1-6(2)15-10(14)13-9-5-7(11)3-4-8(9)12/h3-6H,1-2H3,(H,13,14). The lowest BCUT2D eigenvalue weighted by atomic mass is 10.3. The Labute approximate surface area is 86.0 Å². The quantitative estimate of drug-likeness (QED) is 0.823. The van der Waals surface area contributed by atoms with Crippen LogP contribution in [-0.2, 0) is 4.74 Å². The SMILES string of the molecule is CC(C)OC(=O)Nc1cc(F)ccc1F. The summed E-state index contributed by atoms with van der Waals surface area (Å²) in [6.45, 7) is 3.31. The van der Waals surface area contributed by atoms with Gasteiger partial charge in [0.2, 0.25) is 0 Å². The number of anilines is 1. The molecular weight excluding hydrogens is 204 g/mol. The molecule has 0 aliphatic carbocycles. The van der Waals surface area contributed by atoms with Gasteiger partial charge in [0, 0.05) is 6.07 Å². The summed E-state index contributed by atoms with van der Waals surface area (Å²) >= 11 is 0. The molecule has 1 amide bonds. The van der Waals surface area contributed by atoms with Gasteiger partial charge in [-0.25, -0.2) is 13.6 Å². The molecule has 0 aliphatic rings. The fourth-order valence-electron chi connectivity index (χ4n) is 0.947. The number of carbonyl (C=O) groups is 1. The van der Waals surface area contributed by atoms with E-state index in [9.17, 15) is 13.6 Å². The number of rotatable bonds is 2. The molecule has 1 rings (SSSR count). The second-order valence-electron chi connectivity index (χ2n) is 3.20. The van der Waals surface area contributed by atoms with Gasteiger partial charge in [0.1, 0.15) is 11.6 Å². The number of carbonyl (C=O) groups excluding carboxylic acids is 1. The Morgan fingerprint density at radius 2 is 2.07 bits per heavy atom. The summed E-state index contributed by atoms with van der Waals surface area (Å²) in [6, 6.07) is 2.78. The summed E-state index contributed by atoms with van der Waals surface area (Å²) in [5.41, 5.74) is -0.236. The van der Waals surface area contributed by atoms with E-state index in [0.717, 1.165) is 18.2 Å². The summed E-state index contributed by atoms with van der Waals surface area (Å²) in [6.07, 6.45) is -1.13. The maximum absolute atomic E-state index is 13.0. The van der Waals surface area contributed by atoms with Crippen molar-refractivity contribution >= 4 is 11.8 Å². The molecule has 0 spiro atoms. The van der Waals surface area contributed by atoms with Crippen LogP contribution in [0.2, 0.25) is 0 Å². The van der Waals surface area contributed by atoms with Crippen LogP contribution in [0.4, 0.5) is 19.3 Å². The molecule has 0 atom stereocenters. The molecule has 0 heterocycles. The van der Waals surface area contributed by atoms with E-state index in [2.05, 4.69) is 5.32 Å². The molecule has 3 nitrogen and oxygen atoms in total. The number of halogens is 2. The molecule has 1 aromatic rings. The summed E-state index contributed by atoms with van der Waals surface area (Å²) in [4.78, 5) is 11.1. The first-order chi connectivity index (χ1) is 6.99. The Morgan fingerprint density at radius 3 is 2.67 bits per heavy atom. The molecule has 1 aromatic carbocycles. The lowest BCUT2D eigenvalue weighted by Gasteiger charge is -2.09. The first kappa shape index (κ1) is 11.4. The average Bonchev–Trinajstić information content (AvgIpc) is 2.10. The molecule has 0 radical (unpaired) electrons. The Hall–Kier alpha value is -1.65.